The molecular formula is C68H122O6. The molecule has 0 amide bonds. The fraction of sp³-hybridized carbons (Fsp3) is 0.809. The molecule has 1 unspecified atom stereocenters. The van der Waals surface area contributed by atoms with Gasteiger partial charge in [-0.2, -0.15) is 0 Å². The highest BCUT2D eigenvalue weighted by Crippen LogP contribution is 2.16. The number of allylic oxidation sites excluding steroid dienone is 10. The lowest BCUT2D eigenvalue weighted by molar-refractivity contribution is -0.167. The lowest BCUT2D eigenvalue weighted by Crippen LogP contribution is -2.30. The molecule has 0 rings (SSSR count). The fourth-order valence-corrected chi connectivity index (χ4v) is 9.32. The van der Waals surface area contributed by atoms with E-state index in [1.165, 1.54) is 212 Å². The highest BCUT2D eigenvalue weighted by Gasteiger charge is 2.19. The van der Waals surface area contributed by atoms with Crippen molar-refractivity contribution in [2.45, 2.75) is 341 Å². The molecular weight excluding hydrogens is 913 g/mol. The molecule has 0 saturated carbocycles. The van der Waals surface area contributed by atoms with E-state index in [0.717, 1.165) is 83.5 Å². The number of carbonyl (C=O) groups excluding carboxylic acids is 3. The Kier molecular flexibility index (Phi) is 60.2. The zero-order valence-corrected chi connectivity index (χ0v) is 49.4. The molecule has 0 aliphatic carbocycles. The second-order valence-electron chi connectivity index (χ2n) is 21.7. The monoisotopic (exact) mass is 1030 g/mol. The average Bonchev–Trinajstić information content (AvgIpc) is 3.40. The summed E-state index contributed by atoms with van der Waals surface area (Å²) in [5.74, 6) is -0.883. The summed E-state index contributed by atoms with van der Waals surface area (Å²) in [6, 6.07) is 0. The summed E-state index contributed by atoms with van der Waals surface area (Å²) in [6.07, 6.45) is 79.3. The number of carbonyl (C=O) groups is 3. The van der Waals surface area contributed by atoms with Crippen LogP contribution in [0.25, 0.3) is 0 Å². The number of hydrogen-bond donors (Lipinski definition) is 0. The first kappa shape index (κ1) is 71.1. The van der Waals surface area contributed by atoms with E-state index in [1.54, 1.807) is 0 Å². The molecule has 0 spiro atoms. The van der Waals surface area contributed by atoms with E-state index in [2.05, 4.69) is 81.5 Å². The fourth-order valence-electron chi connectivity index (χ4n) is 9.32. The summed E-state index contributed by atoms with van der Waals surface area (Å²) < 4.78 is 16.9. The van der Waals surface area contributed by atoms with E-state index < -0.39 is 6.10 Å². The maximum atomic E-state index is 12.9. The van der Waals surface area contributed by atoms with Gasteiger partial charge in [-0.3, -0.25) is 14.4 Å². The van der Waals surface area contributed by atoms with E-state index >= 15 is 0 Å². The lowest BCUT2D eigenvalue weighted by atomic mass is 10.1. The van der Waals surface area contributed by atoms with Gasteiger partial charge in [0, 0.05) is 19.3 Å². The first-order chi connectivity index (χ1) is 36.5. The van der Waals surface area contributed by atoms with Crippen LogP contribution in [0, 0.1) is 0 Å². The standard InChI is InChI=1S/C68H122O6/c1-4-7-10-13-16-19-22-25-28-31-33-34-36-37-40-43-46-49-52-55-58-61-67(70)73-64-65(63-72-66(69)60-57-54-51-48-45-42-39-30-27-24-21-18-15-12-9-6-3)74-68(71)62-59-56-53-50-47-44-41-38-35-32-29-26-23-20-17-14-11-8-5-2/h17,20-21,24,26,29-31,33,39,65H,4-16,18-19,22-23,25,27-28,32,34-38,40-64H2,1-3H3/b20-17-,24-21-,29-26-,33-31-,39-30-. The van der Waals surface area contributed by atoms with Crippen LogP contribution in [-0.2, 0) is 28.6 Å². The molecule has 0 fully saturated rings. The van der Waals surface area contributed by atoms with Crippen molar-refractivity contribution >= 4 is 17.9 Å². The number of ether oxygens (including phenoxy) is 3. The molecule has 6 nitrogen and oxygen atoms in total. The summed E-state index contributed by atoms with van der Waals surface area (Å²) in [6.45, 7) is 6.63. The maximum absolute atomic E-state index is 12.9. The molecule has 0 aromatic heterocycles. The van der Waals surface area contributed by atoms with Gasteiger partial charge in [-0.25, -0.2) is 0 Å². The van der Waals surface area contributed by atoms with Gasteiger partial charge in [-0.05, 0) is 109 Å². The molecule has 0 aromatic rings. The zero-order chi connectivity index (χ0) is 53.6. The highest BCUT2D eigenvalue weighted by molar-refractivity contribution is 5.71. The van der Waals surface area contributed by atoms with Gasteiger partial charge >= 0.3 is 17.9 Å². The third-order valence-electron chi connectivity index (χ3n) is 14.2. The first-order valence-electron chi connectivity index (χ1n) is 32.3. The van der Waals surface area contributed by atoms with Gasteiger partial charge in [-0.15, -0.1) is 0 Å². The summed E-state index contributed by atoms with van der Waals surface area (Å²) >= 11 is 0. The lowest BCUT2D eigenvalue weighted by Gasteiger charge is -2.18. The SMILES string of the molecule is CCCCC/C=C\C/C=C\CCCCCCCCCCCC(=O)OC(COC(=O)CCCCCCC/C=C\C/C=C\CCCCCC)COC(=O)CCCCCCCCCCC/C=C\CCCCCCCCCC. The van der Waals surface area contributed by atoms with Gasteiger partial charge < -0.3 is 14.2 Å². The highest BCUT2D eigenvalue weighted by atomic mass is 16.6. The first-order valence-corrected chi connectivity index (χ1v) is 32.3. The quantitative estimate of drug-likeness (QED) is 0.0261. The van der Waals surface area contributed by atoms with Crippen molar-refractivity contribution in [3.63, 3.8) is 0 Å². The molecule has 0 N–H and O–H groups in total. The van der Waals surface area contributed by atoms with Crippen molar-refractivity contribution in [2.24, 2.45) is 0 Å². The maximum Gasteiger partial charge on any atom is 0.306 e. The van der Waals surface area contributed by atoms with Crippen LogP contribution < -0.4 is 0 Å². The van der Waals surface area contributed by atoms with Crippen LogP contribution in [0.3, 0.4) is 0 Å². The molecule has 0 radical (unpaired) electrons. The molecule has 1 atom stereocenters. The second kappa shape index (κ2) is 62.6. The molecule has 0 bridgehead atoms. The van der Waals surface area contributed by atoms with Gasteiger partial charge in [0.25, 0.3) is 0 Å². The van der Waals surface area contributed by atoms with Crippen molar-refractivity contribution in [2.75, 3.05) is 13.2 Å². The van der Waals surface area contributed by atoms with Crippen molar-refractivity contribution in [3.8, 4) is 0 Å². The van der Waals surface area contributed by atoms with Crippen molar-refractivity contribution in [1.82, 2.24) is 0 Å². The number of hydrogen-bond acceptors (Lipinski definition) is 6. The van der Waals surface area contributed by atoms with Crippen LogP contribution in [0.15, 0.2) is 60.8 Å². The molecule has 0 aliphatic rings. The number of rotatable bonds is 59. The normalized spacial score (nSPS) is 12.4. The largest absolute Gasteiger partial charge is 0.462 e. The Morgan fingerprint density at radius 2 is 0.486 bits per heavy atom. The van der Waals surface area contributed by atoms with E-state index in [9.17, 15) is 14.4 Å². The molecule has 6 heteroatoms. The van der Waals surface area contributed by atoms with Gasteiger partial charge in [0.1, 0.15) is 13.2 Å². The molecule has 430 valence electrons. The van der Waals surface area contributed by atoms with Crippen molar-refractivity contribution in [1.29, 1.82) is 0 Å². The minimum absolute atomic E-state index is 0.0799. The van der Waals surface area contributed by atoms with Gasteiger partial charge in [-0.1, -0.05) is 268 Å². The number of esters is 3. The topological polar surface area (TPSA) is 78.9 Å². The Bertz CT molecular complexity index is 1330. The molecule has 0 aromatic carbocycles. The Labute approximate surface area is 460 Å². The summed E-state index contributed by atoms with van der Waals surface area (Å²) in [5, 5.41) is 0. The summed E-state index contributed by atoms with van der Waals surface area (Å²) in [7, 11) is 0. The average molecular weight is 1040 g/mol. The van der Waals surface area contributed by atoms with E-state index in [4.69, 9.17) is 14.2 Å². The Morgan fingerprint density at radius 1 is 0.270 bits per heavy atom. The van der Waals surface area contributed by atoms with Crippen LogP contribution >= 0.6 is 0 Å². The predicted octanol–water partition coefficient (Wildman–Crippen LogP) is 21.9. The van der Waals surface area contributed by atoms with Crippen LogP contribution in [0.4, 0.5) is 0 Å². The van der Waals surface area contributed by atoms with Crippen LogP contribution in [0.1, 0.15) is 335 Å². The van der Waals surface area contributed by atoms with Crippen molar-refractivity contribution < 1.29 is 28.6 Å². The smallest absolute Gasteiger partial charge is 0.306 e. The van der Waals surface area contributed by atoms with Crippen LogP contribution in [0.5, 0.6) is 0 Å². The minimum atomic E-state index is -0.784. The molecule has 0 saturated heterocycles. The summed E-state index contributed by atoms with van der Waals surface area (Å²) in [4.78, 5) is 38.3. The molecule has 0 heterocycles. The molecule has 0 aliphatic heterocycles. The predicted molar refractivity (Wildman–Crippen MR) is 321 cm³/mol. The Balaban J connectivity index is 4.37. The Hall–Kier alpha value is -2.89. The zero-order valence-electron chi connectivity index (χ0n) is 49.4. The third kappa shape index (κ3) is 60.0. The summed E-state index contributed by atoms with van der Waals surface area (Å²) in [5.41, 5.74) is 0. The van der Waals surface area contributed by atoms with E-state index in [-0.39, 0.29) is 31.1 Å². The third-order valence-corrected chi connectivity index (χ3v) is 14.2. The van der Waals surface area contributed by atoms with E-state index in [1.807, 2.05) is 0 Å². The van der Waals surface area contributed by atoms with Crippen molar-refractivity contribution in [3.05, 3.63) is 60.8 Å². The van der Waals surface area contributed by atoms with Gasteiger partial charge in [0.2, 0.25) is 0 Å². The molecule has 74 heavy (non-hydrogen) atoms. The second-order valence-corrected chi connectivity index (χ2v) is 21.7. The van der Waals surface area contributed by atoms with Gasteiger partial charge in [0.05, 0.1) is 0 Å². The van der Waals surface area contributed by atoms with Gasteiger partial charge in [0.15, 0.2) is 6.10 Å². The van der Waals surface area contributed by atoms with E-state index in [0.29, 0.717) is 19.3 Å². The minimum Gasteiger partial charge on any atom is -0.462 e. The Morgan fingerprint density at radius 3 is 0.797 bits per heavy atom. The number of unbranched alkanes of at least 4 members (excludes halogenated alkanes) is 38. The van der Waals surface area contributed by atoms with Crippen LogP contribution in [-0.4, -0.2) is 37.2 Å². The van der Waals surface area contributed by atoms with Crippen LogP contribution in [0.2, 0.25) is 0 Å².